The highest BCUT2D eigenvalue weighted by molar-refractivity contribution is 7.10. The Kier molecular flexibility index (Phi) is 4.61. The number of thiazole rings is 1. The van der Waals surface area contributed by atoms with Crippen molar-refractivity contribution in [1.29, 1.82) is 0 Å². The van der Waals surface area contributed by atoms with E-state index in [0.717, 1.165) is 5.01 Å². The Morgan fingerprint density at radius 2 is 1.95 bits per heavy atom. The minimum Gasteiger partial charge on any atom is -0.481 e. The molecule has 5 nitrogen and oxygen atoms in total. The van der Waals surface area contributed by atoms with E-state index >= 15 is 0 Å². The molecule has 2 rings (SSSR count). The van der Waals surface area contributed by atoms with E-state index in [0.29, 0.717) is 16.9 Å². The molecule has 2 N–H and O–H groups in total. The van der Waals surface area contributed by atoms with Crippen molar-refractivity contribution in [2.24, 2.45) is 0 Å². The van der Waals surface area contributed by atoms with Crippen LogP contribution in [0.1, 0.15) is 41.8 Å². The lowest BCUT2D eigenvalue weighted by Gasteiger charge is -2.13. The number of carbonyl (C=O) groups is 2. The molecule has 2 aromatic rings. The zero-order valence-corrected chi connectivity index (χ0v) is 13.5. The van der Waals surface area contributed by atoms with E-state index in [1.807, 2.05) is 20.8 Å². The van der Waals surface area contributed by atoms with Crippen LogP contribution in [-0.4, -0.2) is 22.0 Å². The summed E-state index contributed by atoms with van der Waals surface area (Å²) in [5, 5.41) is 14.3. The number of aliphatic carboxylic acids is 1. The zero-order valence-electron chi connectivity index (χ0n) is 12.7. The van der Waals surface area contributed by atoms with Gasteiger partial charge in [0.15, 0.2) is 0 Å². The summed E-state index contributed by atoms with van der Waals surface area (Å²) in [5.41, 5.74) is 1.31. The van der Waals surface area contributed by atoms with E-state index in [4.69, 9.17) is 5.11 Å². The largest absolute Gasteiger partial charge is 0.481 e. The van der Waals surface area contributed by atoms with Crippen molar-refractivity contribution >= 4 is 28.9 Å². The van der Waals surface area contributed by atoms with Gasteiger partial charge in [-0.25, -0.2) is 4.98 Å². The molecule has 1 aromatic carbocycles. The summed E-state index contributed by atoms with van der Waals surface area (Å²) in [7, 11) is 0. The van der Waals surface area contributed by atoms with Gasteiger partial charge in [0, 0.05) is 16.5 Å². The summed E-state index contributed by atoms with van der Waals surface area (Å²) in [6.07, 6.45) is -0.138. The minimum atomic E-state index is -0.939. The van der Waals surface area contributed by atoms with Crippen LogP contribution in [0.4, 0.5) is 5.69 Å². The Hall–Kier alpha value is -2.21. The van der Waals surface area contributed by atoms with Crippen LogP contribution < -0.4 is 5.32 Å². The highest BCUT2D eigenvalue weighted by Gasteiger charge is 2.20. The molecule has 0 radical (unpaired) electrons. The summed E-state index contributed by atoms with van der Waals surface area (Å²) < 4.78 is 0. The predicted molar refractivity (Wildman–Crippen MR) is 86.5 cm³/mol. The fourth-order valence-corrected chi connectivity index (χ4v) is 2.76. The first-order valence-corrected chi connectivity index (χ1v) is 7.72. The van der Waals surface area contributed by atoms with Crippen molar-refractivity contribution < 1.29 is 14.7 Å². The Balaban J connectivity index is 2.19. The van der Waals surface area contributed by atoms with Gasteiger partial charge in [-0.3, -0.25) is 9.59 Å². The highest BCUT2D eigenvalue weighted by Crippen LogP contribution is 2.26. The molecule has 0 fully saturated rings. The van der Waals surface area contributed by atoms with Crippen LogP contribution in [0.2, 0.25) is 0 Å². The molecular weight excluding hydrogens is 300 g/mol. The molecular formula is C16H18N2O3S. The minimum absolute atomic E-state index is 0.107. The van der Waals surface area contributed by atoms with Gasteiger partial charge in [-0.15, -0.1) is 11.3 Å². The first-order valence-electron chi connectivity index (χ1n) is 6.84. The number of carboxylic acids is 1. The van der Waals surface area contributed by atoms with Crippen LogP contribution in [0.15, 0.2) is 29.6 Å². The van der Waals surface area contributed by atoms with Crippen LogP contribution in [0.5, 0.6) is 0 Å². The number of para-hydroxylation sites is 1. The van der Waals surface area contributed by atoms with Crippen LogP contribution in [0.25, 0.3) is 0 Å². The number of carbonyl (C=O) groups excluding carboxylic acids is 1. The second-order valence-corrected chi connectivity index (χ2v) is 6.83. The Morgan fingerprint density at radius 1 is 1.27 bits per heavy atom. The summed E-state index contributed by atoms with van der Waals surface area (Å²) >= 11 is 1.44. The molecule has 0 spiro atoms. The third-order valence-electron chi connectivity index (χ3n) is 2.99. The second-order valence-electron chi connectivity index (χ2n) is 5.97. The second kappa shape index (κ2) is 6.27. The van der Waals surface area contributed by atoms with Gasteiger partial charge >= 0.3 is 5.97 Å². The van der Waals surface area contributed by atoms with E-state index in [-0.39, 0.29) is 17.7 Å². The fourth-order valence-electron chi connectivity index (χ4n) is 1.87. The zero-order chi connectivity index (χ0) is 16.3. The number of nitrogens with one attached hydrogen (secondary N) is 1. The molecule has 1 amide bonds. The molecule has 0 aliphatic rings. The number of nitrogens with zero attached hydrogens (tertiary/aromatic N) is 1. The van der Waals surface area contributed by atoms with Crippen LogP contribution in [-0.2, 0) is 16.6 Å². The Morgan fingerprint density at radius 3 is 2.55 bits per heavy atom. The first kappa shape index (κ1) is 16.2. The lowest BCUT2D eigenvalue weighted by Crippen LogP contribution is -2.16. The number of carboxylic acid groups (broad SMARTS) is 1. The van der Waals surface area contributed by atoms with Crippen molar-refractivity contribution in [3.63, 3.8) is 0 Å². The first-order chi connectivity index (χ1) is 10.3. The maximum Gasteiger partial charge on any atom is 0.307 e. The van der Waals surface area contributed by atoms with E-state index in [1.54, 1.807) is 29.6 Å². The van der Waals surface area contributed by atoms with Gasteiger partial charge in [0.1, 0.15) is 5.69 Å². The van der Waals surface area contributed by atoms with Crippen molar-refractivity contribution in [3.8, 4) is 0 Å². The summed E-state index contributed by atoms with van der Waals surface area (Å²) in [5.74, 6) is -1.27. The number of anilines is 1. The third-order valence-corrected chi connectivity index (χ3v) is 4.25. The van der Waals surface area contributed by atoms with Gasteiger partial charge in [-0.1, -0.05) is 39.0 Å². The number of benzene rings is 1. The maximum absolute atomic E-state index is 12.3. The monoisotopic (exact) mass is 318 g/mol. The number of hydrogen-bond acceptors (Lipinski definition) is 4. The van der Waals surface area contributed by atoms with E-state index in [2.05, 4.69) is 10.3 Å². The number of amides is 1. The Bertz CT molecular complexity index is 701. The van der Waals surface area contributed by atoms with Crippen molar-refractivity contribution in [1.82, 2.24) is 4.98 Å². The summed E-state index contributed by atoms with van der Waals surface area (Å²) in [6, 6.07) is 6.87. The average molecular weight is 318 g/mol. The molecule has 0 aliphatic carbocycles. The van der Waals surface area contributed by atoms with E-state index in [9.17, 15) is 9.59 Å². The molecule has 116 valence electrons. The molecule has 1 heterocycles. The molecule has 0 aliphatic heterocycles. The SMILES string of the molecule is CC(C)(C)c1nc(C(=O)Nc2ccccc2CC(=O)O)cs1. The van der Waals surface area contributed by atoms with Crippen LogP contribution in [0.3, 0.4) is 0 Å². The maximum atomic E-state index is 12.3. The molecule has 0 atom stereocenters. The quantitative estimate of drug-likeness (QED) is 0.906. The molecule has 0 saturated carbocycles. The molecule has 6 heteroatoms. The Labute approximate surface area is 133 Å². The fraction of sp³-hybridized carbons (Fsp3) is 0.312. The smallest absolute Gasteiger partial charge is 0.307 e. The normalized spacial score (nSPS) is 11.2. The number of rotatable bonds is 4. The van der Waals surface area contributed by atoms with Gasteiger partial charge in [0.2, 0.25) is 0 Å². The van der Waals surface area contributed by atoms with Gasteiger partial charge in [-0.2, -0.15) is 0 Å². The van der Waals surface area contributed by atoms with Crippen LogP contribution >= 0.6 is 11.3 Å². The standard InChI is InChI=1S/C16H18N2O3S/c1-16(2,3)15-18-12(9-22-15)14(21)17-11-7-5-4-6-10(11)8-13(19)20/h4-7,9H,8H2,1-3H3,(H,17,21)(H,19,20). The lowest BCUT2D eigenvalue weighted by molar-refractivity contribution is -0.136. The van der Waals surface area contributed by atoms with Crippen molar-refractivity contribution in [2.75, 3.05) is 5.32 Å². The predicted octanol–water partition coefficient (Wildman–Crippen LogP) is 3.32. The van der Waals surface area contributed by atoms with E-state index < -0.39 is 5.97 Å². The van der Waals surface area contributed by atoms with Crippen molar-refractivity contribution in [3.05, 3.63) is 45.9 Å². The number of hydrogen-bond donors (Lipinski definition) is 2. The van der Waals surface area contributed by atoms with Gasteiger partial charge in [-0.05, 0) is 11.6 Å². The lowest BCUT2D eigenvalue weighted by atomic mass is 9.98. The molecule has 22 heavy (non-hydrogen) atoms. The van der Waals surface area contributed by atoms with Gasteiger partial charge < -0.3 is 10.4 Å². The van der Waals surface area contributed by atoms with Crippen molar-refractivity contribution in [2.45, 2.75) is 32.6 Å². The van der Waals surface area contributed by atoms with Gasteiger partial charge in [0.25, 0.3) is 5.91 Å². The molecule has 0 unspecified atom stereocenters. The molecule has 0 bridgehead atoms. The topological polar surface area (TPSA) is 79.3 Å². The summed E-state index contributed by atoms with van der Waals surface area (Å²) in [6.45, 7) is 6.11. The molecule has 1 aromatic heterocycles. The molecule has 0 saturated heterocycles. The van der Waals surface area contributed by atoms with Crippen LogP contribution in [0, 0.1) is 0 Å². The highest BCUT2D eigenvalue weighted by atomic mass is 32.1. The third kappa shape index (κ3) is 3.92. The van der Waals surface area contributed by atoms with Gasteiger partial charge in [0.05, 0.1) is 11.4 Å². The van der Waals surface area contributed by atoms with E-state index in [1.165, 1.54) is 11.3 Å². The summed E-state index contributed by atoms with van der Waals surface area (Å²) in [4.78, 5) is 27.5. The number of aromatic nitrogens is 1. The average Bonchev–Trinajstić information content (AvgIpc) is 2.90.